The summed E-state index contributed by atoms with van der Waals surface area (Å²) in [5.74, 6) is 1.47. The van der Waals surface area contributed by atoms with Crippen molar-refractivity contribution in [2.75, 3.05) is 26.1 Å². The highest BCUT2D eigenvalue weighted by molar-refractivity contribution is 7.99. The van der Waals surface area contributed by atoms with Crippen LogP contribution < -0.4 is 14.3 Å². The Kier molecular flexibility index (Phi) is 6.93. The van der Waals surface area contributed by atoms with Crippen molar-refractivity contribution in [3.8, 4) is 11.5 Å². The second-order valence-electron chi connectivity index (χ2n) is 6.74. The number of ether oxygens (including phenoxy) is 3. The van der Waals surface area contributed by atoms with Crippen molar-refractivity contribution in [2.24, 2.45) is 4.99 Å². The zero-order valence-corrected chi connectivity index (χ0v) is 18.7. The Bertz CT molecular complexity index is 1150. The molecular weight excluding hydrogens is 436 g/mol. The number of esters is 1. The number of aromatic nitrogens is 1. The summed E-state index contributed by atoms with van der Waals surface area (Å²) in [6.45, 7) is 1.35. The minimum atomic E-state index is -0.319. The van der Waals surface area contributed by atoms with Gasteiger partial charge in [-0.15, -0.1) is 11.8 Å². The second-order valence-corrected chi connectivity index (χ2v) is 8.92. The number of benzene rings is 2. The van der Waals surface area contributed by atoms with Gasteiger partial charge in [-0.3, -0.25) is 9.59 Å². The maximum absolute atomic E-state index is 12.6. The molecular formula is C22H22N2O5S2. The molecule has 2 heterocycles. The first kappa shape index (κ1) is 21.5. The summed E-state index contributed by atoms with van der Waals surface area (Å²) in [6.07, 6.45) is 0.509. The summed E-state index contributed by atoms with van der Waals surface area (Å²) in [5, 5.41) is 0. The van der Waals surface area contributed by atoms with Crippen LogP contribution in [0.3, 0.4) is 0 Å². The zero-order chi connectivity index (χ0) is 21.6. The molecule has 7 nitrogen and oxygen atoms in total. The molecule has 3 aromatic rings. The molecule has 9 heteroatoms. The van der Waals surface area contributed by atoms with E-state index < -0.39 is 0 Å². The van der Waals surface area contributed by atoms with Crippen molar-refractivity contribution in [2.45, 2.75) is 24.3 Å². The Morgan fingerprint density at radius 2 is 1.87 bits per heavy atom. The molecule has 0 spiro atoms. The lowest BCUT2D eigenvalue weighted by molar-refractivity contribution is -0.140. The molecule has 0 atom stereocenters. The van der Waals surface area contributed by atoms with E-state index in [9.17, 15) is 9.59 Å². The fourth-order valence-electron chi connectivity index (χ4n) is 3.15. The third kappa shape index (κ3) is 5.29. The molecule has 0 saturated heterocycles. The third-order valence-electron chi connectivity index (χ3n) is 4.66. The van der Waals surface area contributed by atoms with E-state index >= 15 is 0 Å². The van der Waals surface area contributed by atoms with E-state index in [1.165, 1.54) is 18.4 Å². The minimum Gasteiger partial charge on any atom is -0.486 e. The SMILES string of the molecule is COC(=O)CCn1c(=NC(=O)CCSc2ccccc2)sc2cc3c(cc21)OCCO3. The highest BCUT2D eigenvalue weighted by Gasteiger charge is 2.17. The number of thioether (sulfide) groups is 1. The first-order chi connectivity index (χ1) is 15.1. The molecule has 1 aromatic heterocycles. The minimum absolute atomic E-state index is 0.183. The predicted octanol–water partition coefficient (Wildman–Crippen LogP) is 3.65. The van der Waals surface area contributed by atoms with Gasteiger partial charge in [0.1, 0.15) is 13.2 Å². The number of carbonyl (C=O) groups is 2. The molecule has 162 valence electrons. The molecule has 0 N–H and O–H groups in total. The Labute approximate surface area is 187 Å². The summed E-state index contributed by atoms with van der Waals surface area (Å²) >= 11 is 3.02. The number of rotatable bonds is 7. The van der Waals surface area contributed by atoms with Gasteiger partial charge < -0.3 is 18.8 Å². The standard InChI is InChI=1S/C22H22N2O5S2/c1-27-21(26)7-9-24-16-13-17-18(29-11-10-28-17)14-19(16)31-22(24)23-20(25)8-12-30-15-5-3-2-4-6-15/h2-6,13-14H,7-12H2,1H3. The number of aryl methyl sites for hydroxylation is 1. The smallest absolute Gasteiger partial charge is 0.307 e. The van der Waals surface area contributed by atoms with Crippen LogP contribution in [0, 0.1) is 0 Å². The number of fused-ring (bicyclic) bond motifs is 2. The predicted molar refractivity (Wildman–Crippen MR) is 120 cm³/mol. The first-order valence-corrected chi connectivity index (χ1v) is 11.7. The maximum atomic E-state index is 12.6. The largest absolute Gasteiger partial charge is 0.486 e. The van der Waals surface area contributed by atoms with Gasteiger partial charge in [-0.25, -0.2) is 0 Å². The van der Waals surface area contributed by atoms with Crippen molar-refractivity contribution in [3.05, 3.63) is 47.3 Å². The first-order valence-electron chi connectivity index (χ1n) is 9.89. The highest BCUT2D eigenvalue weighted by Crippen LogP contribution is 2.35. The van der Waals surface area contributed by atoms with Crippen molar-refractivity contribution >= 4 is 45.2 Å². The number of carbonyl (C=O) groups excluding carboxylic acids is 2. The fourth-order valence-corrected chi connectivity index (χ4v) is 5.09. The van der Waals surface area contributed by atoms with Crippen molar-refractivity contribution in [1.82, 2.24) is 4.57 Å². The van der Waals surface area contributed by atoms with Crippen LogP contribution >= 0.6 is 23.1 Å². The van der Waals surface area contributed by atoms with Crippen LogP contribution in [-0.4, -0.2) is 42.5 Å². The van der Waals surface area contributed by atoms with Crippen molar-refractivity contribution in [3.63, 3.8) is 0 Å². The van der Waals surface area contributed by atoms with E-state index in [2.05, 4.69) is 4.99 Å². The number of amides is 1. The molecule has 1 aliphatic rings. The topological polar surface area (TPSA) is 79.1 Å². The molecule has 0 fully saturated rings. The van der Waals surface area contributed by atoms with E-state index in [-0.39, 0.29) is 18.3 Å². The number of nitrogens with zero attached hydrogens (tertiary/aromatic N) is 2. The lowest BCUT2D eigenvalue weighted by Gasteiger charge is -2.18. The van der Waals surface area contributed by atoms with Crippen molar-refractivity contribution < 1.29 is 23.8 Å². The van der Waals surface area contributed by atoms with Gasteiger partial charge in [0.15, 0.2) is 16.3 Å². The quantitative estimate of drug-likeness (QED) is 0.397. The Balaban J connectivity index is 1.59. The van der Waals surface area contributed by atoms with Crippen LogP contribution in [0.5, 0.6) is 11.5 Å². The molecule has 2 aromatic carbocycles. The number of hydrogen-bond acceptors (Lipinski definition) is 7. The molecule has 0 saturated carbocycles. The molecule has 0 radical (unpaired) electrons. The lowest BCUT2D eigenvalue weighted by atomic mass is 10.2. The molecule has 1 amide bonds. The van der Waals surface area contributed by atoms with Gasteiger partial charge in [0.05, 0.1) is 23.7 Å². The summed E-state index contributed by atoms with van der Waals surface area (Å²) in [5.41, 5.74) is 0.850. The number of hydrogen-bond donors (Lipinski definition) is 0. The van der Waals surface area contributed by atoms with Crippen molar-refractivity contribution in [1.29, 1.82) is 0 Å². The highest BCUT2D eigenvalue weighted by atomic mass is 32.2. The normalized spacial score (nSPS) is 13.4. The van der Waals surface area contributed by atoms with E-state index in [1.54, 1.807) is 11.8 Å². The Morgan fingerprint density at radius 3 is 2.61 bits per heavy atom. The van der Waals surface area contributed by atoms with Crippen LogP contribution in [0.4, 0.5) is 0 Å². The molecule has 0 bridgehead atoms. The average Bonchev–Trinajstić information content (AvgIpc) is 3.12. The van der Waals surface area contributed by atoms with Gasteiger partial charge in [-0.2, -0.15) is 4.99 Å². The lowest BCUT2D eigenvalue weighted by Crippen LogP contribution is -2.19. The Hall–Kier alpha value is -2.78. The van der Waals surface area contributed by atoms with Gasteiger partial charge in [-0.1, -0.05) is 29.5 Å². The molecule has 0 unspecified atom stereocenters. The second kappa shape index (κ2) is 10.0. The molecule has 31 heavy (non-hydrogen) atoms. The van der Waals surface area contributed by atoms with E-state index in [0.717, 1.165) is 15.1 Å². The monoisotopic (exact) mass is 458 g/mol. The van der Waals surface area contributed by atoms with Crippen LogP contribution in [0.1, 0.15) is 12.8 Å². The third-order valence-corrected chi connectivity index (χ3v) is 6.72. The zero-order valence-electron chi connectivity index (χ0n) is 17.0. The summed E-state index contributed by atoms with van der Waals surface area (Å²) in [4.78, 5) is 30.3. The molecule has 1 aliphatic heterocycles. The summed E-state index contributed by atoms with van der Waals surface area (Å²) < 4.78 is 18.9. The van der Waals surface area contributed by atoms with Gasteiger partial charge in [-0.05, 0) is 12.1 Å². The summed E-state index contributed by atoms with van der Waals surface area (Å²) in [6, 6.07) is 13.7. The van der Waals surface area contributed by atoms with Gasteiger partial charge in [0.25, 0.3) is 0 Å². The van der Waals surface area contributed by atoms with Crippen LogP contribution in [0.2, 0.25) is 0 Å². The fraction of sp³-hybridized carbons (Fsp3) is 0.318. The number of thiazole rings is 1. The Morgan fingerprint density at radius 1 is 1.13 bits per heavy atom. The van der Waals surface area contributed by atoms with E-state index in [1.807, 2.05) is 47.0 Å². The van der Waals surface area contributed by atoms with Crippen LogP contribution in [0.15, 0.2) is 52.4 Å². The van der Waals surface area contributed by atoms with E-state index in [4.69, 9.17) is 14.2 Å². The molecule has 0 aliphatic carbocycles. The van der Waals surface area contributed by atoms with Gasteiger partial charge >= 0.3 is 5.97 Å². The van der Waals surface area contributed by atoms with E-state index in [0.29, 0.717) is 48.2 Å². The van der Waals surface area contributed by atoms with Gasteiger partial charge in [0, 0.05) is 35.7 Å². The summed E-state index contributed by atoms with van der Waals surface area (Å²) in [7, 11) is 1.36. The maximum Gasteiger partial charge on any atom is 0.307 e. The number of methoxy groups -OCH3 is 1. The van der Waals surface area contributed by atoms with Crippen LogP contribution in [-0.2, 0) is 20.9 Å². The molecule has 4 rings (SSSR count). The average molecular weight is 459 g/mol. The van der Waals surface area contributed by atoms with Gasteiger partial charge in [0.2, 0.25) is 5.91 Å². The van der Waals surface area contributed by atoms with Crippen LogP contribution in [0.25, 0.3) is 10.2 Å².